The molecule has 1 atom stereocenters. The second kappa shape index (κ2) is 10.3. The number of pyridine rings is 1. The number of nitrogens with one attached hydrogen (secondary N) is 2. The highest BCUT2D eigenvalue weighted by atomic mass is 16.5. The topological polar surface area (TPSA) is 115 Å². The van der Waals surface area contributed by atoms with Gasteiger partial charge in [0.05, 0.1) is 11.3 Å². The number of benzene rings is 2. The van der Waals surface area contributed by atoms with E-state index < -0.39 is 6.04 Å². The van der Waals surface area contributed by atoms with Crippen LogP contribution in [-0.2, 0) is 11.4 Å². The number of aromatic nitrogens is 5. The van der Waals surface area contributed by atoms with Crippen molar-refractivity contribution in [2.45, 2.75) is 26.5 Å². The molecule has 2 N–H and O–H groups in total. The Morgan fingerprint density at radius 1 is 0.973 bits per heavy atom. The van der Waals surface area contributed by atoms with Gasteiger partial charge in [0.1, 0.15) is 36.7 Å². The number of para-hydroxylation sites is 1. The molecule has 3 aromatic heterocycles. The molecule has 0 bridgehead atoms. The quantitative estimate of drug-likeness (QED) is 0.332. The lowest BCUT2D eigenvalue weighted by Crippen LogP contribution is -2.24. The van der Waals surface area contributed by atoms with E-state index in [9.17, 15) is 9.59 Å². The van der Waals surface area contributed by atoms with Crippen molar-refractivity contribution < 1.29 is 14.3 Å². The summed E-state index contributed by atoms with van der Waals surface area (Å²) < 4.78 is 9.39. The predicted molar refractivity (Wildman–Crippen MR) is 138 cm³/mol. The molecule has 1 unspecified atom stereocenters. The number of anilines is 2. The summed E-state index contributed by atoms with van der Waals surface area (Å²) >= 11 is 0. The Bertz CT molecular complexity index is 1540. The molecule has 2 aromatic carbocycles. The first-order chi connectivity index (χ1) is 18.0. The molecule has 0 radical (unpaired) electrons. The zero-order valence-electron chi connectivity index (χ0n) is 20.3. The van der Waals surface area contributed by atoms with Crippen LogP contribution < -0.4 is 15.4 Å². The molecule has 37 heavy (non-hydrogen) atoms. The maximum absolute atomic E-state index is 13.0. The first-order valence-electron chi connectivity index (χ1n) is 11.7. The van der Waals surface area contributed by atoms with Crippen molar-refractivity contribution in [3.63, 3.8) is 0 Å². The van der Waals surface area contributed by atoms with Crippen LogP contribution in [0.2, 0.25) is 0 Å². The van der Waals surface area contributed by atoms with Gasteiger partial charge in [0.2, 0.25) is 5.91 Å². The van der Waals surface area contributed by atoms with Gasteiger partial charge in [0.25, 0.3) is 5.91 Å². The number of nitrogens with zero attached hydrogens (tertiary/aromatic N) is 5. The van der Waals surface area contributed by atoms with Crippen LogP contribution in [0.25, 0.3) is 5.65 Å². The van der Waals surface area contributed by atoms with Gasteiger partial charge in [0, 0.05) is 23.8 Å². The van der Waals surface area contributed by atoms with Gasteiger partial charge in [-0.2, -0.15) is 5.10 Å². The van der Waals surface area contributed by atoms with Crippen LogP contribution in [0.15, 0.2) is 85.7 Å². The third-order valence-corrected chi connectivity index (χ3v) is 5.78. The number of imidazole rings is 1. The molecule has 0 saturated heterocycles. The molecule has 3 heterocycles. The maximum Gasteiger partial charge on any atom is 0.259 e. The fourth-order valence-corrected chi connectivity index (χ4v) is 3.78. The maximum atomic E-state index is 13.0. The van der Waals surface area contributed by atoms with Crippen molar-refractivity contribution in [1.29, 1.82) is 0 Å². The summed E-state index contributed by atoms with van der Waals surface area (Å²) in [5.74, 6) is -0.0776. The van der Waals surface area contributed by atoms with E-state index in [1.165, 1.54) is 17.3 Å². The van der Waals surface area contributed by atoms with Gasteiger partial charge in [-0.25, -0.2) is 14.6 Å². The minimum Gasteiger partial charge on any atom is -0.486 e. The normalized spacial score (nSPS) is 11.7. The van der Waals surface area contributed by atoms with Gasteiger partial charge in [0.15, 0.2) is 0 Å². The number of ether oxygens (including phenoxy) is 1. The Balaban J connectivity index is 1.21. The monoisotopic (exact) mass is 495 g/mol. The molecule has 10 nitrogen and oxygen atoms in total. The summed E-state index contributed by atoms with van der Waals surface area (Å²) in [5, 5.41) is 9.69. The van der Waals surface area contributed by atoms with Crippen molar-refractivity contribution in [2.24, 2.45) is 0 Å². The molecule has 0 aliphatic carbocycles. The first kappa shape index (κ1) is 23.7. The summed E-state index contributed by atoms with van der Waals surface area (Å²) in [7, 11) is 0. The molecule has 0 spiro atoms. The molecule has 2 amide bonds. The fourth-order valence-electron chi connectivity index (χ4n) is 3.78. The Morgan fingerprint density at radius 2 is 1.73 bits per heavy atom. The summed E-state index contributed by atoms with van der Waals surface area (Å²) in [6.45, 7) is 3.98. The molecule has 0 aliphatic rings. The van der Waals surface area contributed by atoms with E-state index in [2.05, 4.69) is 25.7 Å². The van der Waals surface area contributed by atoms with E-state index in [4.69, 9.17) is 4.74 Å². The number of rotatable bonds is 8. The molecule has 10 heteroatoms. The van der Waals surface area contributed by atoms with Crippen LogP contribution in [0.5, 0.6) is 5.75 Å². The van der Waals surface area contributed by atoms with E-state index >= 15 is 0 Å². The Morgan fingerprint density at radius 3 is 2.49 bits per heavy atom. The largest absolute Gasteiger partial charge is 0.486 e. The molecular formula is C27H25N7O3. The average molecular weight is 496 g/mol. The summed E-state index contributed by atoms with van der Waals surface area (Å²) in [5.41, 5.74) is 4.32. The lowest BCUT2D eigenvalue weighted by molar-refractivity contribution is -0.119. The summed E-state index contributed by atoms with van der Waals surface area (Å²) in [4.78, 5) is 33.9. The molecular weight excluding hydrogens is 470 g/mol. The van der Waals surface area contributed by atoms with E-state index in [1.54, 1.807) is 49.4 Å². The number of carbonyl (C=O) groups excluding carboxylic acids is 2. The lowest BCUT2D eigenvalue weighted by atomic mass is 10.1. The van der Waals surface area contributed by atoms with E-state index in [1.807, 2.05) is 41.9 Å². The van der Waals surface area contributed by atoms with Crippen molar-refractivity contribution in [3.05, 3.63) is 103 Å². The second-order valence-corrected chi connectivity index (χ2v) is 8.56. The number of amides is 2. The average Bonchev–Trinajstić information content (AvgIpc) is 3.58. The second-order valence-electron chi connectivity index (χ2n) is 8.56. The Hall–Kier alpha value is -4.99. The third kappa shape index (κ3) is 5.48. The van der Waals surface area contributed by atoms with Gasteiger partial charge in [-0.15, -0.1) is 0 Å². The SMILES string of the molecule is Cc1ccc2nc(COc3ccccc3C(=O)Nc3ccc(NC(=O)C(C)n4cncn4)cc3)cn2c1. The van der Waals surface area contributed by atoms with Crippen molar-refractivity contribution in [2.75, 3.05) is 10.6 Å². The number of aryl methyl sites for hydroxylation is 1. The summed E-state index contributed by atoms with van der Waals surface area (Å²) in [6, 6.07) is 17.4. The van der Waals surface area contributed by atoms with E-state index in [-0.39, 0.29) is 18.4 Å². The van der Waals surface area contributed by atoms with Gasteiger partial charge in [-0.1, -0.05) is 18.2 Å². The summed E-state index contributed by atoms with van der Waals surface area (Å²) in [6.07, 6.45) is 6.78. The standard InChI is InChI=1S/C27H25N7O3/c1-18-7-12-25-30-22(14-33(25)13-18)15-37-24-6-4-3-5-23(24)27(36)32-21-10-8-20(9-11-21)31-26(35)19(2)34-17-28-16-29-34/h3-14,16-17,19H,15H2,1-2H3,(H,31,35)(H,32,36). The van der Waals surface area contributed by atoms with Crippen LogP contribution in [0.3, 0.4) is 0 Å². The van der Waals surface area contributed by atoms with Gasteiger partial charge >= 0.3 is 0 Å². The van der Waals surface area contributed by atoms with Crippen molar-refractivity contribution >= 4 is 28.8 Å². The molecule has 0 aliphatic heterocycles. The van der Waals surface area contributed by atoms with Crippen LogP contribution >= 0.6 is 0 Å². The lowest BCUT2D eigenvalue weighted by Gasteiger charge is -2.13. The van der Waals surface area contributed by atoms with Crippen LogP contribution in [0, 0.1) is 6.92 Å². The zero-order valence-corrected chi connectivity index (χ0v) is 20.3. The zero-order chi connectivity index (χ0) is 25.8. The number of hydrogen-bond donors (Lipinski definition) is 2. The molecule has 0 fully saturated rings. The first-order valence-corrected chi connectivity index (χ1v) is 11.7. The smallest absolute Gasteiger partial charge is 0.259 e. The Labute approximate surface area is 212 Å². The van der Waals surface area contributed by atoms with Crippen LogP contribution in [0.1, 0.15) is 34.6 Å². The van der Waals surface area contributed by atoms with E-state index in [0.717, 1.165) is 16.9 Å². The minimum atomic E-state index is -0.511. The highest BCUT2D eigenvalue weighted by Crippen LogP contribution is 2.22. The number of fused-ring (bicyclic) bond motifs is 1. The highest BCUT2D eigenvalue weighted by molar-refractivity contribution is 6.06. The minimum absolute atomic E-state index is 0.228. The van der Waals surface area contributed by atoms with Crippen molar-refractivity contribution in [1.82, 2.24) is 24.1 Å². The molecule has 5 rings (SSSR count). The van der Waals surface area contributed by atoms with E-state index in [0.29, 0.717) is 22.7 Å². The predicted octanol–water partition coefficient (Wildman–Crippen LogP) is 4.27. The molecule has 186 valence electrons. The Kier molecular flexibility index (Phi) is 6.62. The highest BCUT2D eigenvalue weighted by Gasteiger charge is 2.16. The third-order valence-electron chi connectivity index (χ3n) is 5.78. The van der Waals surface area contributed by atoms with Gasteiger partial charge in [-0.3, -0.25) is 9.59 Å². The number of hydrogen-bond acceptors (Lipinski definition) is 6. The fraction of sp³-hybridized carbons (Fsp3) is 0.148. The van der Waals surface area contributed by atoms with Gasteiger partial charge < -0.3 is 19.8 Å². The molecule has 0 saturated carbocycles. The van der Waals surface area contributed by atoms with Gasteiger partial charge in [-0.05, 0) is 61.9 Å². The van der Waals surface area contributed by atoms with Crippen LogP contribution in [0.4, 0.5) is 11.4 Å². The number of carbonyl (C=O) groups is 2. The van der Waals surface area contributed by atoms with Crippen molar-refractivity contribution in [3.8, 4) is 5.75 Å². The van der Waals surface area contributed by atoms with Crippen LogP contribution in [-0.4, -0.2) is 36.0 Å². The molecule has 5 aromatic rings.